The van der Waals surface area contributed by atoms with Crippen molar-refractivity contribution in [1.29, 1.82) is 0 Å². The SMILES string of the molecule is CC(CON)c1ccc(C2CC2)cc1. The van der Waals surface area contributed by atoms with Crippen LogP contribution in [0.4, 0.5) is 0 Å². The summed E-state index contributed by atoms with van der Waals surface area (Å²) in [6.07, 6.45) is 2.72. The molecule has 0 heterocycles. The molecule has 1 aliphatic rings. The predicted octanol–water partition coefficient (Wildman–Crippen LogP) is 2.56. The van der Waals surface area contributed by atoms with Crippen molar-refractivity contribution in [3.05, 3.63) is 35.4 Å². The van der Waals surface area contributed by atoms with Crippen molar-refractivity contribution in [3.63, 3.8) is 0 Å². The van der Waals surface area contributed by atoms with Gasteiger partial charge in [-0.25, -0.2) is 5.90 Å². The van der Waals surface area contributed by atoms with Crippen molar-refractivity contribution in [1.82, 2.24) is 0 Å². The number of rotatable bonds is 4. The average Bonchev–Trinajstić information content (AvgIpc) is 3.02. The first-order valence-electron chi connectivity index (χ1n) is 5.23. The van der Waals surface area contributed by atoms with E-state index < -0.39 is 0 Å². The summed E-state index contributed by atoms with van der Waals surface area (Å²) in [6.45, 7) is 2.71. The second-order valence-corrected chi connectivity index (χ2v) is 4.18. The maximum absolute atomic E-state index is 5.05. The molecule has 0 amide bonds. The Bertz CT molecular complexity index is 290. The molecule has 0 aliphatic heterocycles. The van der Waals surface area contributed by atoms with E-state index in [-0.39, 0.29) is 0 Å². The molecule has 2 N–H and O–H groups in total. The Kier molecular flexibility index (Phi) is 2.85. The summed E-state index contributed by atoms with van der Waals surface area (Å²) in [5.41, 5.74) is 2.79. The first kappa shape index (κ1) is 9.69. The zero-order valence-electron chi connectivity index (χ0n) is 8.57. The van der Waals surface area contributed by atoms with Crippen LogP contribution in [0.2, 0.25) is 0 Å². The number of benzene rings is 1. The maximum atomic E-state index is 5.05. The zero-order chi connectivity index (χ0) is 9.97. The van der Waals surface area contributed by atoms with E-state index >= 15 is 0 Å². The molecule has 0 aromatic heterocycles. The minimum atomic E-state index is 0.383. The lowest BCUT2D eigenvalue weighted by molar-refractivity contribution is 0.126. The molecule has 14 heavy (non-hydrogen) atoms. The number of nitrogens with two attached hydrogens (primary N) is 1. The summed E-state index contributed by atoms with van der Waals surface area (Å²) in [7, 11) is 0. The highest BCUT2D eigenvalue weighted by Crippen LogP contribution is 2.40. The molecule has 0 spiro atoms. The minimum absolute atomic E-state index is 0.383. The first-order valence-corrected chi connectivity index (χ1v) is 5.23. The normalized spacial score (nSPS) is 18.1. The lowest BCUT2D eigenvalue weighted by atomic mass is 9.99. The fourth-order valence-corrected chi connectivity index (χ4v) is 1.75. The summed E-state index contributed by atoms with van der Waals surface area (Å²) >= 11 is 0. The van der Waals surface area contributed by atoms with Crippen molar-refractivity contribution < 1.29 is 4.84 Å². The van der Waals surface area contributed by atoms with Crippen LogP contribution in [0.5, 0.6) is 0 Å². The van der Waals surface area contributed by atoms with Gasteiger partial charge in [0.15, 0.2) is 0 Å². The van der Waals surface area contributed by atoms with Gasteiger partial charge in [0.1, 0.15) is 0 Å². The van der Waals surface area contributed by atoms with E-state index in [4.69, 9.17) is 5.90 Å². The largest absolute Gasteiger partial charge is 0.304 e. The Hall–Kier alpha value is -0.860. The van der Waals surface area contributed by atoms with E-state index in [0.29, 0.717) is 12.5 Å². The highest BCUT2D eigenvalue weighted by Gasteiger charge is 2.23. The van der Waals surface area contributed by atoms with Gasteiger partial charge in [0.05, 0.1) is 6.61 Å². The maximum Gasteiger partial charge on any atom is 0.0745 e. The van der Waals surface area contributed by atoms with Gasteiger partial charge in [-0.1, -0.05) is 31.2 Å². The fourth-order valence-electron chi connectivity index (χ4n) is 1.75. The van der Waals surface area contributed by atoms with E-state index in [2.05, 4.69) is 36.0 Å². The highest BCUT2D eigenvalue weighted by atomic mass is 16.6. The summed E-state index contributed by atoms with van der Waals surface area (Å²) < 4.78 is 0. The zero-order valence-corrected chi connectivity index (χ0v) is 8.57. The summed E-state index contributed by atoms with van der Waals surface area (Å²) in [4.78, 5) is 4.65. The minimum Gasteiger partial charge on any atom is -0.304 e. The van der Waals surface area contributed by atoms with Crippen LogP contribution < -0.4 is 5.90 Å². The third-order valence-electron chi connectivity index (χ3n) is 2.90. The molecule has 76 valence electrons. The van der Waals surface area contributed by atoms with Crippen LogP contribution in [0.3, 0.4) is 0 Å². The summed E-state index contributed by atoms with van der Waals surface area (Å²) in [5, 5.41) is 0. The second-order valence-electron chi connectivity index (χ2n) is 4.18. The van der Waals surface area contributed by atoms with Gasteiger partial charge in [-0.15, -0.1) is 0 Å². The third-order valence-corrected chi connectivity index (χ3v) is 2.90. The third kappa shape index (κ3) is 2.14. The van der Waals surface area contributed by atoms with Gasteiger partial charge in [-0.3, -0.25) is 0 Å². The van der Waals surface area contributed by atoms with Crippen molar-refractivity contribution >= 4 is 0 Å². The molecule has 1 saturated carbocycles. The van der Waals surface area contributed by atoms with Crippen molar-refractivity contribution in [2.75, 3.05) is 6.61 Å². The van der Waals surface area contributed by atoms with Gasteiger partial charge in [-0.2, -0.15) is 0 Å². The van der Waals surface area contributed by atoms with Gasteiger partial charge in [0.2, 0.25) is 0 Å². The van der Waals surface area contributed by atoms with Crippen LogP contribution in [-0.2, 0) is 4.84 Å². The second kappa shape index (κ2) is 4.11. The molecule has 1 unspecified atom stereocenters. The smallest absolute Gasteiger partial charge is 0.0745 e. The Morgan fingerprint density at radius 3 is 2.50 bits per heavy atom. The lowest BCUT2D eigenvalue weighted by Gasteiger charge is -2.10. The molecule has 0 bridgehead atoms. The van der Waals surface area contributed by atoms with Crippen molar-refractivity contribution in [3.8, 4) is 0 Å². The quantitative estimate of drug-likeness (QED) is 0.742. The molecule has 1 atom stereocenters. The molecule has 1 aromatic rings. The Balaban J connectivity index is 2.04. The predicted molar refractivity (Wildman–Crippen MR) is 57.0 cm³/mol. The van der Waals surface area contributed by atoms with E-state index in [0.717, 1.165) is 5.92 Å². The van der Waals surface area contributed by atoms with Gasteiger partial charge in [-0.05, 0) is 29.9 Å². The monoisotopic (exact) mass is 191 g/mol. The van der Waals surface area contributed by atoms with Gasteiger partial charge in [0.25, 0.3) is 0 Å². The van der Waals surface area contributed by atoms with Crippen LogP contribution >= 0.6 is 0 Å². The molecule has 2 rings (SSSR count). The standard InChI is InChI=1S/C12H17NO/c1-9(8-14-13)10-2-4-11(5-3-10)12-6-7-12/h2-5,9,12H,6-8,13H2,1H3. The van der Waals surface area contributed by atoms with E-state index in [1.54, 1.807) is 0 Å². The molecular formula is C12H17NO. The topological polar surface area (TPSA) is 35.2 Å². The Morgan fingerprint density at radius 1 is 1.36 bits per heavy atom. The van der Waals surface area contributed by atoms with E-state index in [1.165, 1.54) is 24.0 Å². The highest BCUT2D eigenvalue weighted by molar-refractivity contribution is 5.29. The average molecular weight is 191 g/mol. The Morgan fingerprint density at radius 2 is 2.00 bits per heavy atom. The molecule has 1 aliphatic carbocycles. The van der Waals surface area contributed by atoms with Crippen LogP contribution in [0.25, 0.3) is 0 Å². The summed E-state index contributed by atoms with van der Waals surface area (Å²) in [6, 6.07) is 8.86. The number of hydrogen-bond donors (Lipinski definition) is 1. The first-order chi connectivity index (χ1) is 6.81. The van der Waals surface area contributed by atoms with E-state index in [9.17, 15) is 0 Å². The molecule has 2 heteroatoms. The van der Waals surface area contributed by atoms with Crippen LogP contribution in [0.1, 0.15) is 42.7 Å². The van der Waals surface area contributed by atoms with Gasteiger partial charge in [0, 0.05) is 5.92 Å². The molecule has 0 saturated heterocycles. The molecule has 2 nitrogen and oxygen atoms in total. The van der Waals surface area contributed by atoms with Gasteiger partial charge < -0.3 is 4.84 Å². The van der Waals surface area contributed by atoms with Crippen LogP contribution in [-0.4, -0.2) is 6.61 Å². The van der Waals surface area contributed by atoms with Crippen LogP contribution in [0, 0.1) is 0 Å². The van der Waals surface area contributed by atoms with Gasteiger partial charge >= 0.3 is 0 Å². The van der Waals surface area contributed by atoms with Crippen LogP contribution in [0.15, 0.2) is 24.3 Å². The lowest BCUT2D eigenvalue weighted by Crippen LogP contribution is -2.08. The summed E-state index contributed by atoms with van der Waals surface area (Å²) in [5.74, 6) is 6.28. The van der Waals surface area contributed by atoms with Crippen molar-refractivity contribution in [2.45, 2.75) is 31.6 Å². The number of hydrogen-bond acceptors (Lipinski definition) is 2. The molecule has 1 aromatic carbocycles. The molecule has 1 fully saturated rings. The Labute approximate surface area is 85.0 Å². The van der Waals surface area contributed by atoms with E-state index in [1.807, 2.05) is 0 Å². The van der Waals surface area contributed by atoms with Crippen molar-refractivity contribution in [2.24, 2.45) is 5.90 Å². The molecular weight excluding hydrogens is 174 g/mol. The molecule has 0 radical (unpaired) electrons. The fraction of sp³-hybridized carbons (Fsp3) is 0.500.